The topological polar surface area (TPSA) is 76.6 Å². The van der Waals surface area contributed by atoms with Gasteiger partial charge in [0, 0.05) is 17.4 Å². The lowest BCUT2D eigenvalue weighted by Gasteiger charge is -2.49. The number of hydrogen-bond acceptors (Lipinski definition) is 3. The third kappa shape index (κ3) is 2.59. The summed E-state index contributed by atoms with van der Waals surface area (Å²) in [6, 6.07) is 17.2. The average Bonchev–Trinajstić information content (AvgIpc) is 3.13. The molecule has 2 atom stereocenters. The molecule has 2 aliphatic rings. The minimum Gasteiger partial charge on any atom is -0.387 e. The van der Waals surface area contributed by atoms with Crippen LogP contribution in [0.4, 0.5) is 0 Å². The monoisotopic (exact) mass is 389 g/mol. The minimum absolute atomic E-state index is 0.00607. The highest BCUT2D eigenvalue weighted by molar-refractivity contribution is 6.00. The first kappa shape index (κ1) is 17.9. The summed E-state index contributed by atoms with van der Waals surface area (Å²) in [6.07, 6.45) is -0.116. The summed E-state index contributed by atoms with van der Waals surface area (Å²) in [4.78, 5) is 33.2. The van der Waals surface area contributed by atoms with Crippen LogP contribution in [-0.2, 0) is 21.5 Å². The molecule has 6 heteroatoms. The van der Waals surface area contributed by atoms with E-state index < -0.39 is 11.6 Å². The lowest BCUT2D eigenvalue weighted by atomic mass is 9.83. The van der Waals surface area contributed by atoms with Gasteiger partial charge in [0.1, 0.15) is 0 Å². The molecule has 6 nitrogen and oxygen atoms in total. The van der Waals surface area contributed by atoms with Crippen LogP contribution in [0.2, 0.25) is 0 Å². The van der Waals surface area contributed by atoms with Crippen molar-refractivity contribution in [1.82, 2.24) is 14.8 Å². The Morgan fingerprint density at radius 2 is 1.83 bits per heavy atom. The summed E-state index contributed by atoms with van der Waals surface area (Å²) in [6.45, 7) is 2.42. The van der Waals surface area contributed by atoms with Crippen molar-refractivity contribution < 1.29 is 14.7 Å². The number of hydrogen-bond donors (Lipinski definition) is 2. The number of rotatable bonds is 3. The van der Waals surface area contributed by atoms with Gasteiger partial charge in [0.25, 0.3) is 5.91 Å². The van der Waals surface area contributed by atoms with Gasteiger partial charge in [-0.15, -0.1) is 0 Å². The van der Waals surface area contributed by atoms with E-state index in [-0.39, 0.29) is 24.9 Å². The first-order valence-electron chi connectivity index (χ1n) is 9.93. The van der Waals surface area contributed by atoms with E-state index in [1.807, 2.05) is 55.5 Å². The summed E-state index contributed by atoms with van der Waals surface area (Å²) in [5.74, 6) is -0.240. The fraction of sp³-hybridized carbons (Fsp3) is 0.304. The largest absolute Gasteiger partial charge is 0.387 e. The molecule has 1 fully saturated rings. The Morgan fingerprint density at radius 3 is 2.62 bits per heavy atom. The summed E-state index contributed by atoms with van der Waals surface area (Å²) < 4.78 is 0. The van der Waals surface area contributed by atoms with Gasteiger partial charge in [0.2, 0.25) is 5.91 Å². The first-order chi connectivity index (χ1) is 14.0. The van der Waals surface area contributed by atoms with Gasteiger partial charge >= 0.3 is 0 Å². The van der Waals surface area contributed by atoms with Gasteiger partial charge in [-0.1, -0.05) is 48.5 Å². The number of amides is 2. The highest BCUT2D eigenvalue weighted by Crippen LogP contribution is 2.42. The van der Waals surface area contributed by atoms with Gasteiger partial charge < -0.3 is 19.9 Å². The number of carbonyl (C=O) groups is 2. The number of nitrogens with zero attached hydrogens (tertiary/aromatic N) is 2. The van der Waals surface area contributed by atoms with E-state index in [1.54, 1.807) is 4.90 Å². The highest BCUT2D eigenvalue weighted by atomic mass is 16.3. The molecule has 2 amide bonds. The van der Waals surface area contributed by atoms with Crippen LogP contribution in [0.15, 0.2) is 54.6 Å². The molecule has 3 aromatic rings. The predicted molar refractivity (Wildman–Crippen MR) is 109 cm³/mol. The van der Waals surface area contributed by atoms with Gasteiger partial charge in [-0.2, -0.15) is 0 Å². The van der Waals surface area contributed by atoms with Gasteiger partial charge in [-0.05, 0) is 30.5 Å². The third-order valence-electron chi connectivity index (χ3n) is 6.33. The maximum Gasteiger partial charge on any atom is 0.255 e. The number of piperazine rings is 1. The summed E-state index contributed by atoms with van der Waals surface area (Å²) >= 11 is 0. The molecule has 0 aliphatic carbocycles. The van der Waals surface area contributed by atoms with Crippen LogP contribution >= 0.6 is 0 Å². The van der Waals surface area contributed by atoms with Crippen LogP contribution in [0.25, 0.3) is 10.9 Å². The zero-order valence-electron chi connectivity index (χ0n) is 16.3. The van der Waals surface area contributed by atoms with Crippen LogP contribution in [-0.4, -0.2) is 51.3 Å². The Bertz CT molecular complexity index is 1110. The second-order valence-electron chi connectivity index (χ2n) is 8.00. The van der Waals surface area contributed by atoms with E-state index in [4.69, 9.17) is 0 Å². The Hall–Kier alpha value is -3.12. The smallest absolute Gasteiger partial charge is 0.255 e. The molecule has 3 heterocycles. The molecule has 5 rings (SSSR count). The molecule has 2 aliphatic heterocycles. The molecule has 29 heavy (non-hydrogen) atoms. The van der Waals surface area contributed by atoms with Crippen molar-refractivity contribution >= 4 is 22.7 Å². The Kier molecular flexibility index (Phi) is 3.99. The van der Waals surface area contributed by atoms with Crippen molar-refractivity contribution in [2.75, 3.05) is 19.6 Å². The van der Waals surface area contributed by atoms with E-state index in [0.717, 1.165) is 34.1 Å². The normalized spacial score (nSPS) is 22.6. The van der Waals surface area contributed by atoms with Crippen molar-refractivity contribution in [2.24, 2.45) is 0 Å². The fourth-order valence-corrected chi connectivity index (χ4v) is 4.82. The summed E-state index contributed by atoms with van der Waals surface area (Å²) in [7, 11) is 0. The van der Waals surface area contributed by atoms with E-state index in [2.05, 4.69) is 11.1 Å². The second-order valence-corrected chi connectivity index (χ2v) is 8.00. The minimum atomic E-state index is -1.08. The Labute approximate surface area is 168 Å². The number of carbonyl (C=O) groups excluding carboxylic acids is 2. The zero-order chi connectivity index (χ0) is 20.2. The maximum atomic E-state index is 13.6. The number of nitrogens with one attached hydrogen (secondary N) is 1. The Balaban J connectivity index is 1.54. The number of aliphatic hydroxyl groups is 1. The first-order valence-corrected chi connectivity index (χ1v) is 9.93. The number of β-amino-alcohol motifs (C(OH)–C–C–N with tert-alkyl or cyclic N) is 1. The van der Waals surface area contributed by atoms with Crippen molar-refractivity contribution in [3.8, 4) is 0 Å². The number of benzene rings is 2. The van der Waals surface area contributed by atoms with Crippen LogP contribution in [0.5, 0.6) is 0 Å². The number of fused-ring (bicyclic) bond motifs is 5. The van der Waals surface area contributed by atoms with Crippen molar-refractivity contribution in [3.63, 3.8) is 0 Å². The summed E-state index contributed by atoms with van der Waals surface area (Å²) in [5.41, 5.74) is 2.52. The molecular weight excluding hydrogens is 366 g/mol. The number of aliphatic hydroxyl groups excluding tert-OH is 1. The number of H-pyrrole nitrogens is 1. The standard InChI is InChI=1S/C23H23N3O3/c1-23-21-17(16-9-5-6-10-18(16)24-21)11-12-26(23)20(28)14-25(22(23)29)13-19(27)15-7-3-2-4-8-15/h2-10,19,24,27H,11-14H2,1H3/t19-,23+/m0/s1. The average molecular weight is 389 g/mol. The fourth-order valence-electron chi connectivity index (χ4n) is 4.82. The summed E-state index contributed by atoms with van der Waals surface area (Å²) in [5, 5.41) is 11.7. The molecule has 1 saturated heterocycles. The molecule has 1 aromatic heterocycles. The van der Waals surface area contributed by atoms with Gasteiger partial charge in [0.05, 0.1) is 24.9 Å². The number of para-hydroxylation sites is 1. The zero-order valence-corrected chi connectivity index (χ0v) is 16.3. The highest BCUT2D eigenvalue weighted by Gasteiger charge is 2.54. The molecule has 2 aromatic carbocycles. The van der Waals surface area contributed by atoms with Crippen molar-refractivity contribution in [1.29, 1.82) is 0 Å². The van der Waals surface area contributed by atoms with Crippen LogP contribution < -0.4 is 0 Å². The Morgan fingerprint density at radius 1 is 1.10 bits per heavy atom. The lowest BCUT2D eigenvalue weighted by molar-refractivity contribution is -0.167. The predicted octanol–water partition coefficient (Wildman–Crippen LogP) is 2.34. The number of aromatic nitrogens is 1. The molecule has 0 radical (unpaired) electrons. The lowest BCUT2D eigenvalue weighted by Crippen LogP contribution is -2.67. The van der Waals surface area contributed by atoms with Gasteiger partial charge in [-0.25, -0.2) is 0 Å². The van der Waals surface area contributed by atoms with Crippen LogP contribution in [0, 0.1) is 0 Å². The van der Waals surface area contributed by atoms with Crippen molar-refractivity contribution in [3.05, 3.63) is 71.4 Å². The number of aromatic amines is 1. The van der Waals surface area contributed by atoms with E-state index >= 15 is 0 Å². The van der Waals surface area contributed by atoms with E-state index in [0.29, 0.717) is 6.54 Å². The quantitative estimate of drug-likeness (QED) is 0.722. The van der Waals surface area contributed by atoms with Gasteiger partial charge in [-0.3, -0.25) is 9.59 Å². The van der Waals surface area contributed by atoms with Crippen molar-refractivity contribution in [2.45, 2.75) is 25.0 Å². The molecule has 0 saturated carbocycles. The third-order valence-corrected chi connectivity index (χ3v) is 6.33. The maximum absolute atomic E-state index is 13.6. The SMILES string of the molecule is C[C@@]12C(=O)N(C[C@H](O)c3ccccc3)CC(=O)N1CCc1c2[nH]c2ccccc12. The van der Waals surface area contributed by atoms with E-state index in [1.165, 1.54) is 4.90 Å². The molecule has 148 valence electrons. The molecule has 0 bridgehead atoms. The second kappa shape index (κ2) is 6.46. The van der Waals surface area contributed by atoms with Crippen LogP contribution in [0.3, 0.4) is 0 Å². The van der Waals surface area contributed by atoms with E-state index in [9.17, 15) is 14.7 Å². The molecule has 2 N–H and O–H groups in total. The molecule has 0 unspecified atom stereocenters. The molecular formula is C23H23N3O3. The molecule has 0 spiro atoms. The van der Waals surface area contributed by atoms with Crippen LogP contribution in [0.1, 0.15) is 29.8 Å². The van der Waals surface area contributed by atoms with Gasteiger partial charge in [0.15, 0.2) is 5.54 Å².